The molecule has 1 N–H and O–H groups in total. The molecular weight excluding hydrogens is 459 g/mol. The van der Waals surface area contributed by atoms with Gasteiger partial charge in [0, 0.05) is 36.8 Å². The van der Waals surface area contributed by atoms with Crippen LogP contribution in [0.3, 0.4) is 0 Å². The van der Waals surface area contributed by atoms with Gasteiger partial charge in [0.1, 0.15) is 17.3 Å². The summed E-state index contributed by atoms with van der Waals surface area (Å²) >= 11 is 0. The SMILES string of the molecule is Cc1cc(-c2cc(C(=O)NCC3(c4cccc(F)c4)CCOCC3)c3cnn(C(C)C)c3n2)c(C)o1. The third-order valence-corrected chi connectivity index (χ3v) is 7.09. The lowest BCUT2D eigenvalue weighted by molar-refractivity contribution is 0.0486. The molecule has 0 saturated carbocycles. The van der Waals surface area contributed by atoms with Crippen LogP contribution in [0.25, 0.3) is 22.3 Å². The number of nitrogens with zero attached hydrogens (tertiary/aromatic N) is 3. The number of pyridine rings is 1. The molecule has 5 rings (SSSR count). The molecule has 1 aromatic carbocycles. The smallest absolute Gasteiger partial charge is 0.252 e. The van der Waals surface area contributed by atoms with Crippen LogP contribution in [-0.4, -0.2) is 40.4 Å². The Hall–Kier alpha value is -3.52. The van der Waals surface area contributed by atoms with E-state index >= 15 is 0 Å². The highest BCUT2D eigenvalue weighted by molar-refractivity contribution is 6.06. The Morgan fingerprint density at radius 1 is 1.19 bits per heavy atom. The summed E-state index contributed by atoms with van der Waals surface area (Å²) < 4.78 is 27.2. The molecule has 3 aromatic heterocycles. The predicted molar refractivity (Wildman–Crippen MR) is 136 cm³/mol. The molecular formula is C28H31FN4O3. The van der Waals surface area contributed by atoms with Gasteiger partial charge < -0.3 is 14.5 Å². The highest BCUT2D eigenvalue weighted by Gasteiger charge is 2.35. The van der Waals surface area contributed by atoms with Crippen LogP contribution in [0.4, 0.5) is 4.39 Å². The van der Waals surface area contributed by atoms with Crippen molar-refractivity contribution in [3.05, 3.63) is 71.1 Å². The summed E-state index contributed by atoms with van der Waals surface area (Å²) in [5.74, 6) is 1.03. The highest BCUT2D eigenvalue weighted by Crippen LogP contribution is 2.35. The number of nitrogens with one attached hydrogen (secondary N) is 1. The molecule has 1 amide bonds. The number of aryl methyl sites for hydroxylation is 2. The summed E-state index contributed by atoms with van der Waals surface area (Å²) in [5.41, 5.74) is 3.14. The molecule has 1 fully saturated rings. The number of aromatic nitrogens is 3. The number of furan rings is 1. The van der Waals surface area contributed by atoms with E-state index in [-0.39, 0.29) is 17.8 Å². The number of carbonyl (C=O) groups is 1. The van der Waals surface area contributed by atoms with E-state index in [1.807, 2.05) is 44.5 Å². The molecule has 0 radical (unpaired) electrons. The van der Waals surface area contributed by atoms with Gasteiger partial charge in [-0.2, -0.15) is 5.10 Å². The number of ether oxygens (including phenoxy) is 1. The Kier molecular flexibility index (Phi) is 6.38. The van der Waals surface area contributed by atoms with Gasteiger partial charge in [0.15, 0.2) is 5.65 Å². The summed E-state index contributed by atoms with van der Waals surface area (Å²) in [4.78, 5) is 18.6. The largest absolute Gasteiger partial charge is 0.466 e. The Morgan fingerprint density at radius 3 is 2.64 bits per heavy atom. The molecule has 8 heteroatoms. The first kappa shape index (κ1) is 24.2. The average Bonchev–Trinajstić information content (AvgIpc) is 3.45. The van der Waals surface area contributed by atoms with Gasteiger partial charge >= 0.3 is 0 Å². The van der Waals surface area contributed by atoms with E-state index < -0.39 is 5.41 Å². The van der Waals surface area contributed by atoms with E-state index in [9.17, 15) is 9.18 Å². The lowest BCUT2D eigenvalue weighted by Crippen LogP contribution is -2.44. The van der Waals surface area contributed by atoms with Gasteiger partial charge in [-0.05, 0) is 70.4 Å². The Balaban J connectivity index is 1.53. The number of hydrogen-bond donors (Lipinski definition) is 1. The first-order chi connectivity index (χ1) is 17.3. The van der Waals surface area contributed by atoms with Crippen LogP contribution in [0.5, 0.6) is 0 Å². The first-order valence-electron chi connectivity index (χ1n) is 12.3. The number of benzene rings is 1. The maximum absolute atomic E-state index is 14.1. The van der Waals surface area contributed by atoms with Crippen molar-refractivity contribution in [3.8, 4) is 11.3 Å². The average molecular weight is 491 g/mol. The summed E-state index contributed by atoms with van der Waals surface area (Å²) in [6.45, 7) is 9.35. The van der Waals surface area contributed by atoms with E-state index in [0.29, 0.717) is 54.9 Å². The van der Waals surface area contributed by atoms with E-state index in [1.54, 1.807) is 24.4 Å². The van der Waals surface area contributed by atoms with Crippen LogP contribution in [0.1, 0.15) is 60.2 Å². The van der Waals surface area contributed by atoms with E-state index in [4.69, 9.17) is 14.1 Å². The third-order valence-electron chi connectivity index (χ3n) is 7.09. The first-order valence-corrected chi connectivity index (χ1v) is 12.3. The lowest BCUT2D eigenvalue weighted by atomic mass is 9.74. The molecule has 0 spiro atoms. The van der Waals surface area contributed by atoms with Crippen molar-refractivity contribution in [2.75, 3.05) is 19.8 Å². The van der Waals surface area contributed by atoms with Crippen molar-refractivity contribution < 1.29 is 18.3 Å². The van der Waals surface area contributed by atoms with Crippen molar-refractivity contribution >= 4 is 16.9 Å². The standard InChI is InChI=1S/C28H31FN4O3/c1-17(2)33-26-24(15-31-33)23(14-25(32-26)22-12-18(3)36-19(22)4)27(34)30-16-28(8-10-35-11-9-28)20-6-5-7-21(29)13-20/h5-7,12-15,17H,8-11,16H2,1-4H3,(H,30,34). The monoisotopic (exact) mass is 490 g/mol. The molecule has 1 saturated heterocycles. The normalized spacial score (nSPS) is 15.5. The molecule has 0 bridgehead atoms. The maximum atomic E-state index is 14.1. The second-order valence-corrected chi connectivity index (χ2v) is 9.89. The molecule has 0 aliphatic carbocycles. The maximum Gasteiger partial charge on any atom is 0.252 e. The van der Waals surface area contributed by atoms with Crippen LogP contribution >= 0.6 is 0 Å². The second-order valence-electron chi connectivity index (χ2n) is 9.89. The quantitative estimate of drug-likeness (QED) is 0.386. The fourth-order valence-corrected chi connectivity index (χ4v) is 5.10. The molecule has 4 heterocycles. The van der Waals surface area contributed by atoms with Crippen molar-refractivity contribution in [3.63, 3.8) is 0 Å². The van der Waals surface area contributed by atoms with E-state index in [2.05, 4.69) is 10.4 Å². The number of halogens is 1. The number of amides is 1. The lowest BCUT2D eigenvalue weighted by Gasteiger charge is -2.38. The number of fused-ring (bicyclic) bond motifs is 1. The molecule has 36 heavy (non-hydrogen) atoms. The molecule has 0 unspecified atom stereocenters. The van der Waals surface area contributed by atoms with Gasteiger partial charge in [-0.25, -0.2) is 14.1 Å². The third kappa shape index (κ3) is 4.41. The van der Waals surface area contributed by atoms with Gasteiger partial charge in [0.05, 0.1) is 22.8 Å². The number of hydrogen-bond acceptors (Lipinski definition) is 5. The minimum Gasteiger partial charge on any atom is -0.466 e. The van der Waals surface area contributed by atoms with Gasteiger partial charge in [0.25, 0.3) is 5.91 Å². The zero-order chi connectivity index (χ0) is 25.4. The van der Waals surface area contributed by atoms with Crippen molar-refractivity contribution in [1.29, 1.82) is 0 Å². The molecule has 188 valence electrons. The molecule has 7 nitrogen and oxygen atoms in total. The van der Waals surface area contributed by atoms with Crippen molar-refractivity contribution in [2.45, 2.75) is 52.0 Å². The molecule has 4 aromatic rings. The highest BCUT2D eigenvalue weighted by atomic mass is 19.1. The zero-order valence-electron chi connectivity index (χ0n) is 21.1. The minimum atomic E-state index is -0.397. The summed E-state index contributed by atoms with van der Waals surface area (Å²) in [6.07, 6.45) is 3.10. The van der Waals surface area contributed by atoms with E-state index in [1.165, 1.54) is 6.07 Å². The Bertz CT molecular complexity index is 1420. The number of carbonyl (C=O) groups excluding carboxylic acids is 1. The van der Waals surface area contributed by atoms with Gasteiger partial charge in [-0.1, -0.05) is 12.1 Å². The van der Waals surface area contributed by atoms with Crippen LogP contribution in [0.2, 0.25) is 0 Å². The zero-order valence-corrected chi connectivity index (χ0v) is 21.1. The topological polar surface area (TPSA) is 82.2 Å². The molecule has 0 atom stereocenters. The molecule has 1 aliphatic heterocycles. The van der Waals surface area contributed by atoms with Crippen molar-refractivity contribution in [1.82, 2.24) is 20.1 Å². The van der Waals surface area contributed by atoms with E-state index in [0.717, 1.165) is 22.6 Å². The summed E-state index contributed by atoms with van der Waals surface area (Å²) in [6, 6.07) is 10.5. The summed E-state index contributed by atoms with van der Waals surface area (Å²) in [7, 11) is 0. The molecule has 1 aliphatic rings. The summed E-state index contributed by atoms with van der Waals surface area (Å²) in [5, 5.41) is 8.35. The predicted octanol–water partition coefficient (Wildman–Crippen LogP) is 5.51. The fraction of sp³-hybridized carbons (Fsp3) is 0.393. The van der Waals surface area contributed by atoms with Gasteiger partial charge in [0.2, 0.25) is 0 Å². The van der Waals surface area contributed by atoms with Gasteiger partial charge in [-0.3, -0.25) is 4.79 Å². The van der Waals surface area contributed by atoms with Crippen LogP contribution in [0.15, 0.2) is 47.0 Å². The van der Waals surface area contributed by atoms with Gasteiger partial charge in [-0.15, -0.1) is 0 Å². The Morgan fingerprint density at radius 2 is 1.97 bits per heavy atom. The van der Waals surface area contributed by atoms with Crippen LogP contribution in [-0.2, 0) is 10.2 Å². The Labute approximate surface area is 209 Å². The second kappa shape index (κ2) is 9.50. The van der Waals surface area contributed by atoms with Crippen LogP contribution in [0, 0.1) is 19.7 Å². The van der Waals surface area contributed by atoms with Crippen molar-refractivity contribution in [2.24, 2.45) is 0 Å². The number of rotatable bonds is 6. The minimum absolute atomic E-state index is 0.0758. The van der Waals surface area contributed by atoms with Crippen LogP contribution < -0.4 is 5.32 Å². The fourth-order valence-electron chi connectivity index (χ4n) is 5.10.